The predicted molar refractivity (Wildman–Crippen MR) is 86.8 cm³/mol. The molecule has 0 unspecified atom stereocenters. The van der Waals surface area contributed by atoms with Gasteiger partial charge in [0.2, 0.25) is 0 Å². The molecule has 108 valence electrons. The van der Waals surface area contributed by atoms with Gasteiger partial charge in [0.25, 0.3) is 0 Å². The molecule has 0 radical (unpaired) electrons. The van der Waals surface area contributed by atoms with E-state index >= 15 is 0 Å². The van der Waals surface area contributed by atoms with E-state index in [9.17, 15) is 4.79 Å². The van der Waals surface area contributed by atoms with Crippen LogP contribution in [0.2, 0.25) is 0 Å². The summed E-state index contributed by atoms with van der Waals surface area (Å²) in [6, 6.07) is 8.72. The standard InChI is InChI=1S/C16H20INO2/c1-15(2,3)20-14(19)18-9-12-8-16(12,10-18)11-4-6-13(17)7-5-11/h4-7,12H,8-10H2,1-3H3/t12-,16-/m1/s1. The van der Waals surface area contributed by atoms with Gasteiger partial charge in [0.15, 0.2) is 0 Å². The molecule has 2 aliphatic rings. The molecule has 1 aromatic rings. The molecule has 3 nitrogen and oxygen atoms in total. The number of ether oxygens (including phenoxy) is 1. The predicted octanol–water partition coefficient (Wildman–Crippen LogP) is 3.80. The number of likely N-dealkylation sites (tertiary alicyclic amines) is 1. The Kier molecular flexibility index (Phi) is 3.27. The number of hydrogen-bond donors (Lipinski definition) is 0. The zero-order valence-corrected chi connectivity index (χ0v) is 14.3. The lowest BCUT2D eigenvalue weighted by Crippen LogP contribution is -2.37. The summed E-state index contributed by atoms with van der Waals surface area (Å²) in [4.78, 5) is 14.0. The summed E-state index contributed by atoms with van der Waals surface area (Å²) in [5.74, 6) is 0.607. The van der Waals surface area contributed by atoms with Crippen molar-refractivity contribution in [3.63, 3.8) is 0 Å². The molecule has 0 N–H and O–H groups in total. The van der Waals surface area contributed by atoms with Crippen molar-refractivity contribution in [1.29, 1.82) is 0 Å². The van der Waals surface area contributed by atoms with Gasteiger partial charge >= 0.3 is 6.09 Å². The summed E-state index contributed by atoms with van der Waals surface area (Å²) in [5.41, 5.74) is 1.15. The maximum Gasteiger partial charge on any atom is 0.410 e. The third-order valence-electron chi connectivity index (χ3n) is 4.22. The van der Waals surface area contributed by atoms with Crippen molar-refractivity contribution in [2.75, 3.05) is 13.1 Å². The van der Waals surface area contributed by atoms with E-state index in [2.05, 4.69) is 46.9 Å². The van der Waals surface area contributed by atoms with Crippen LogP contribution < -0.4 is 0 Å². The molecule has 1 saturated heterocycles. The van der Waals surface area contributed by atoms with Crippen LogP contribution in [0.3, 0.4) is 0 Å². The molecule has 1 saturated carbocycles. The Morgan fingerprint density at radius 2 is 2.00 bits per heavy atom. The van der Waals surface area contributed by atoms with Crippen LogP contribution in [0.5, 0.6) is 0 Å². The average Bonchev–Trinajstić information content (AvgIpc) is 2.90. The van der Waals surface area contributed by atoms with Crippen LogP contribution in [-0.2, 0) is 10.2 Å². The van der Waals surface area contributed by atoms with Gasteiger partial charge in [0, 0.05) is 22.1 Å². The fraction of sp³-hybridized carbons (Fsp3) is 0.562. The van der Waals surface area contributed by atoms with Crippen molar-refractivity contribution >= 4 is 28.7 Å². The minimum atomic E-state index is -0.417. The second-order valence-corrected chi connectivity index (χ2v) is 8.17. The fourth-order valence-electron chi connectivity index (χ4n) is 3.18. The molecule has 1 aliphatic carbocycles. The number of hydrogen-bond acceptors (Lipinski definition) is 2. The van der Waals surface area contributed by atoms with Crippen molar-refractivity contribution in [2.24, 2.45) is 5.92 Å². The Balaban J connectivity index is 1.71. The SMILES string of the molecule is CC(C)(C)OC(=O)N1C[C@H]2C[C@]2(c2ccc(I)cc2)C1. The van der Waals surface area contributed by atoms with Gasteiger partial charge in [-0.3, -0.25) is 0 Å². The first kappa shape index (κ1) is 14.2. The lowest BCUT2D eigenvalue weighted by atomic mass is 9.95. The van der Waals surface area contributed by atoms with E-state index in [1.54, 1.807) is 0 Å². The highest BCUT2D eigenvalue weighted by Crippen LogP contribution is 2.59. The third-order valence-corrected chi connectivity index (χ3v) is 4.94. The molecule has 4 heteroatoms. The molecular formula is C16H20INO2. The maximum atomic E-state index is 12.2. The molecule has 1 heterocycles. The molecule has 2 atom stereocenters. The highest BCUT2D eigenvalue weighted by Gasteiger charge is 2.62. The summed E-state index contributed by atoms with van der Waals surface area (Å²) in [6.07, 6.45) is 1.03. The van der Waals surface area contributed by atoms with E-state index < -0.39 is 5.60 Å². The van der Waals surface area contributed by atoms with Crippen LogP contribution >= 0.6 is 22.6 Å². The van der Waals surface area contributed by atoms with Gasteiger partial charge in [-0.05, 0) is 73.4 Å². The first-order chi connectivity index (χ1) is 9.30. The molecule has 3 rings (SSSR count). The Hall–Kier alpha value is -0.780. The lowest BCUT2D eigenvalue weighted by molar-refractivity contribution is 0.0270. The van der Waals surface area contributed by atoms with E-state index in [1.807, 2.05) is 25.7 Å². The molecule has 1 aromatic carbocycles. The Labute approximate surface area is 133 Å². The summed E-state index contributed by atoms with van der Waals surface area (Å²) in [6.45, 7) is 7.37. The van der Waals surface area contributed by atoms with Gasteiger partial charge in [0.05, 0.1) is 0 Å². The second kappa shape index (κ2) is 4.61. The van der Waals surface area contributed by atoms with Gasteiger partial charge in [0.1, 0.15) is 5.60 Å². The van der Waals surface area contributed by atoms with E-state index in [0.29, 0.717) is 5.92 Å². The Morgan fingerprint density at radius 3 is 2.60 bits per heavy atom. The van der Waals surface area contributed by atoms with Gasteiger partial charge < -0.3 is 9.64 Å². The number of halogens is 1. The number of rotatable bonds is 1. The maximum absolute atomic E-state index is 12.2. The van der Waals surface area contributed by atoms with Crippen LogP contribution in [0.1, 0.15) is 32.8 Å². The van der Waals surface area contributed by atoms with Crippen molar-refractivity contribution in [1.82, 2.24) is 4.90 Å². The van der Waals surface area contributed by atoms with Crippen molar-refractivity contribution in [3.8, 4) is 0 Å². The summed E-state index contributed by atoms with van der Waals surface area (Å²) >= 11 is 2.32. The van der Waals surface area contributed by atoms with Crippen LogP contribution in [-0.4, -0.2) is 29.7 Å². The Bertz CT molecular complexity index is 534. The topological polar surface area (TPSA) is 29.5 Å². The largest absolute Gasteiger partial charge is 0.444 e. The molecular weight excluding hydrogens is 365 g/mol. The van der Waals surface area contributed by atoms with E-state index in [4.69, 9.17) is 4.74 Å². The smallest absolute Gasteiger partial charge is 0.410 e. The van der Waals surface area contributed by atoms with Gasteiger partial charge in [-0.1, -0.05) is 12.1 Å². The van der Waals surface area contributed by atoms with Crippen LogP contribution in [0, 0.1) is 9.49 Å². The molecule has 0 spiro atoms. The number of carbonyl (C=O) groups excluding carboxylic acids is 1. The fourth-order valence-corrected chi connectivity index (χ4v) is 3.54. The Morgan fingerprint density at radius 1 is 1.35 bits per heavy atom. The van der Waals surface area contributed by atoms with Crippen LogP contribution in [0.15, 0.2) is 24.3 Å². The van der Waals surface area contributed by atoms with Crippen molar-refractivity contribution < 1.29 is 9.53 Å². The molecule has 1 amide bonds. The van der Waals surface area contributed by atoms with Crippen molar-refractivity contribution in [3.05, 3.63) is 33.4 Å². The van der Waals surface area contributed by atoms with Gasteiger partial charge in [-0.15, -0.1) is 0 Å². The monoisotopic (exact) mass is 385 g/mol. The molecule has 0 bridgehead atoms. The molecule has 2 fully saturated rings. The molecule has 1 aliphatic heterocycles. The number of amides is 1. The lowest BCUT2D eigenvalue weighted by Gasteiger charge is -2.26. The normalized spacial score (nSPS) is 28.2. The minimum absolute atomic E-state index is 0.172. The quantitative estimate of drug-likeness (QED) is 0.689. The first-order valence-corrected chi connectivity index (χ1v) is 8.12. The van der Waals surface area contributed by atoms with Crippen LogP contribution in [0.4, 0.5) is 4.79 Å². The number of carbonyl (C=O) groups is 1. The van der Waals surface area contributed by atoms with Gasteiger partial charge in [-0.25, -0.2) is 4.79 Å². The number of piperidine rings is 1. The van der Waals surface area contributed by atoms with E-state index in [0.717, 1.165) is 13.1 Å². The van der Waals surface area contributed by atoms with Gasteiger partial charge in [-0.2, -0.15) is 0 Å². The van der Waals surface area contributed by atoms with E-state index in [-0.39, 0.29) is 11.5 Å². The summed E-state index contributed by atoms with van der Waals surface area (Å²) < 4.78 is 6.73. The average molecular weight is 385 g/mol. The zero-order chi connectivity index (χ0) is 14.5. The zero-order valence-electron chi connectivity index (χ0n) is 12.1. The number of fused-ring (bicyclic) bond motifs is 1. The molecule has 20 heavy (non-hydrogen) atoms. The highest BCUT2D eigenvalue weighted by molar-refractivity contribution is 14.1. The minimum Gasteiger partial charge on any atom is -0.444 e. The highest BCUT2D eigenvalue weighted by atomic mass is 127. The first-order valence-electron chi connectivity index (χ1n) is 7.04. The third kappa shape index (κ3) is 2.54. The van der Waals surface area contributed by atoms with Crippen LogP contribution in [0.25, 0.3) is 0 Å². The second-order valence-electron chi connectivity index (χ2n) is 6.92. The van der Waals surface area contributed by atoms with Crippen molar-refractivity contribution in [2.45, 2.75) is 38.2 Å². The summed E-state index contributed by atoms with van der Waals surface area (Å²) in [5, 5.41) is 0. The number of benzene rings is 1. The molecule has 0 aromatic heterocycles. The number of nitrogens with zero attached hydrogens (tertiary/aromatic N) is 1. The summed E-state index contributed by atoms with van der Waals surface area (Å²) in [7, 11) is 0. The van der Waals surface area contributed by atoms with E-state index in [1.165, 1.54) is 15.6 Å².